The van der Waals surface area contributed by atoms with E-state index in [2.05, 4.69) is 20.6 Å². The number of aromatic amines is 1. The molecule has 0 aliphatic rings. The molecule has 0 fully saturated rings. The van der Waals surface area contributed by atoms with Gasteiger partial charge in [-0.05, 0) is 24.3 Å². The van der Waals surface area contributed by atoms with E-state index in [9.17, 15) is 9.59 Å². The van der Waals surface area contributed by atoms with E-state index in [1.165, 1.54) is 0 Å². The van der Waals surface area contributed by atoms with E-state index in [1.807, 2.05) is 54.6 Å². The fraction of sp³-hybridized carbons (Fsp3) is 0.0833. The van der Waals surface area contributed by atoms with Crippen LogP contribution in [0.5, 0.6) is 0 Å². The second-order valence-electron chi connectivity index (χ2n) is 7.26. The number of fused-ring (bicyclic) bond motifs is 2. The average Bonchev–Trinajstić information content (AvgIpc) is 3.19. The van der Waals surface area contributed by atoms with Crippen molar-refractivity contribution in [2.75, 3.05) is 11.2 Å². The maximum atomic E-state index is 12.9. The van der Waals surface area contributed by atoms with Crippen molar-refractivity contribution >= 4 is 44.9 Å². The molecule has 5 rings (SSSR count). The second kappa shape index (κ2) is 8.28. The molecule has 0 aliphatic carbocycles. The molecule has 32 heavy (non-hydrogen) atoms. The SMILES string of the molecule is O=C(Nc1ccc(-c2n[nH]c(=O)c3ccccc23)cc1)c1nn(CCCl)c2ccccc12. The van der Waals surface area contributed by atoms with Gasteiger partial charge >= 0.3 is 0 Å². The molecule has 0 radical (unpaired) electrons. The van der Waals surface area contributed by atoms with Crippen molar-refractivity contribution in [3.05, 3.63) is 88.8 Å². The Kier molecular flexibility index (Phi) is 5.17. The molecule has 0 spiro atoms. The van der Waals surface area contributed by atoms with Crippen molar-refractivity contribution in [2.24, 2.45) is 0 Å². The van der Waals surface area contributed by atoms with Gasteiger partial charge in [0.2, 0.25) is 0 Å². The molecule has 158 valence electrons. The number of aromatic nitrogens is 4. The Morgan fingerprint density at radius 3 is 2.38 bits per heavy atom. The van der Waals surface area contributed by atoms with Crippen LogP contribution in [-0.2, 0) is 6.54 Å². The van der Waals surface area contributed by atoms with Crippen LogP contribution in [0.1, 0.15) is 10.5 Å². The summed E-state index contributed by atoms with van der Waals surface area (Å²) in [5.41, 5.74) is 3.11. The average molecular weight is 444 g/mol. The van der Waals surface area contributed by atoms with Crippen molar-refractivity contribution in [2.45, 2.75) is 6.54 Å². The van der Waals surface area contributed by atoms with E-state index in [0.29, 0.717) is 34.9 Å². The molecule has 2 heterocycles. The molecule has 0 aliphatic heterocycles. The lowest BCUT2D eigenvalue weighted by Gasteiger charge is -2.07. The van der Waals surface area contributed by atoms with Crippen LogP contribution >= 0.6 is 11.6 Å². The summed E-state index contributed by atoms with van der Waals surface area (Å²) in [7, 11) is 0. The zero-order valence-corrected chi connectivity index (χ0v) is 17.6. The van der Waals surface area contributed by atoms with Gasteiger partial charge < -0.3 is 5.32 Å². The van der Waals surface area contributed by atoms with E-state index >= 15 is 0 Å². The highest BCUT2D eigenvalue weighted by molar-refractivity contribution is 6.18. The smallest absolute Gasteiger partial charge is 0.276 e. The largest absolute Gasteiger partial charge is 0.321 e. The number of nitrogens with one attached hydrogen (secondary N) is 2. The lowest BCUT2D eigenvalue weighted by molar-refractivity contribution is 0.102. The number of rotatable bonds is 5. The van der Waals surface area contributed by atoms with Gasteiger partial charge in [-0.2, -0.15) is 10.2 Å². The topological polar surface area (TPSA) is 92.7 Å². The minimum absolute atomic E-state index is 0.228. The first-order valence-corrected chi connectivity index (χ1v) is 10.6. The Labute approximate surface area is 187 Å². The number of halogens is 1. The predicted octanol–water partition coefficient (Wildman–Crippen LogP) is 4.43. The summed E-state index contributed by atoms with van der Waals surface area (Å²) in [5.74, 6) is 0.108. The Balaban J connectivity index is 1.44. The van der Waals surface area contributed by atoms with Crippen LogP contribution in [0.4, 0.5) is 5.69 Å². The zero-order chi connectivity index (χ0) is 22.1. The highest BCUT2D eigenvalue weighted by Gasteiger charge is 2.17. The van der Waals surface area contributed by atoms with Gasteiger partial charge in [-0.15, -0.1) is 11.6 Å². The van der Waals surface area contributed by atoms with Crippen LogP contribution < -0.4 is 10.9 Å². The number of carbonyl (C=O) groups excluding carboxylic acids is 1. The molecule has 5 aromatic rings. The summed E-state index contributed by atoms with van der Waals surface area (Å²) in [5, 5.41) is 16.2. The Morgan fingerprint density at radius 2 is 1.62 bits per heavy atom. The number of para-hydroxylation sites is 1. The van der Waals surface area contributed by atoms with Crippen molar-refractivity contribution in [3.63, 3.8) is 0 Å². The van der Waals surface area contributed by atoms with Gasteiger partial charge in [0.15, 0.2) is 5.69 Å². The Hall–Kier alpha value is -3.97. The summed E-state index contributed by atoms with van der Waals surface area (Å²) in [4.78, 5) is 25.0. The Bertz CT molecular complexity index is 1500. The third-order valence-electron chi connectivity index (χ3n) is 5.28. The van der Waals surface area contributed by atoms with Crippen molar-refractivity contribution in [1.29, 1.82) is 0 Å². The van der Waals surface area contributed by atoms with E-state index in [4.69, 9.17) is 11.6 Å². The van der Waals surface area contributed by atoms with Crippen LogP contribution in [0.25, 0.3) is 32.9 Å². The number of alkyl halides is 1. The number of hydrogen-bond acceptors (Lipinski definition) is 4. The van der Waals surface area contributed by atoms with Gasteiger partial charge in [0.1, 0.15) is 0 Å². The molecule has 3 aromatic carbocycles. The molecule has 7 nitrogen and oxygen atoms in total. The number of H-pyrrole nitrogens is 1. The first-order chi connectivity index (χ1) is 15.7. The third kappa shape index (κ3) is 3.52. The van der Waals surface area contributed by atoms with E-state index in [-0.39, 0.29) is 11.5 Å². The first kappa shape index (κ1) is 20.0. The van der Waals surface area contributed by atoms with Gasteiger partial charge in [-0.25, -0.2) is 5.10 Å². The Morgan fingerprint density at radius 1 is 0.938 bits per heavy atom. The van der Waals surface area contributed by atoms with E-state index < -0.39 is 0 Å². The molecule has 0 atom stereocenters. The summed E-state index contributed by atoms with van der Waals surface area (Å²) in [6, 6.07) is 22.2. The van der Waals surface area contributed by atoms with Gasteiger partial charge in [0.25, 0.3) is 11.5 Å². The molecule has 2 N–H and O–H groups in total. The highest BCUT2D eigenvalue weighted by atomic mass is 35.5. The summed E-state index contributed by atoms with van der Waals surface area (Å²) < 4.78 is 1.74. The van der Waals surface area contributed by atoms with Crippen LogP contribution in [0.2, 0.25) is 0 Å². The lowest BCUT2D eigenvalue weighted by Crippen LogP contribution is -2.14. The predicted molar refractivity (Wildman–Crippen MR) is 126 cm³/mol. The minimum Gasteiger partial charge on any atom is -0.321 e. The summed E-state index contributed by atoms with van der Waals surface area (Å²) >= 11 is 5.88. The number of carbonyl (C=O) groups is 1. The molecule has 0 saturated carbocycles. The van der Waals surface area contributed by atoms with Crippen LogP contribution in [0, 0.1) is 0 Å². The molecule has 8 heteroatoms. The third-order valence-corrected chi connectivity index (χ3v) is 5.45. The standard InChI is InChI=1S/C24H18ClN5O2/c25-13-14-30-20-8-4-3-7-19(20)22(29-30)24(32)26-16-11-9-15(10-12-16)21-17-5-1-2-6-18(17)23(31)28-27-21/h1-12H,13-14H2,(H,26,32)(H,28,31). The summed E-state index contributed by atoms with van der Waals surface area (Å²) in [6.45, 7) is 0.518. The molecule has 0 saturated heterocycles. The van der Waals surface area contributed by atoms with E-state index in [0.717, 1.165) is 21.9 Å². The van der Waals surface area contributed by atoms with Crippen molar-refractivity contribution in [3.8, 4) is 11.3 Å². The van der Waals surface area contributed by atoms with E-state index in [1.54, 1.807) is 22.9 Å². The molecular formula is C24H18ClN5O2. The lowest BCUT2D eigenvalue weighted by atomic mass is 10.0. The van der Waals surface area contributed by atoms with Crippen LogP contribution in [0.3, 0.4) is 0 Å². The van der Waals surface area contributed by atoms with Crippen LogP contribution in [-0.4, -0.2) is 31.8 Å². The fourth-order valence-corrected chi connectivity index (χ4v) is 3.94. The first-order valence-electron chi connectivity index (χ1n) is 10.1. The maximum Gasteiger partial charge on any atom is 0.276 e. The summed E-state index contributed by atoms with van der Waals surface area (Å²) in [6.07, 6.45) is 0. The van der Waals surface area contributed by atoms with Crippen molar-refractivity contribution < 1.29 is 4.79 Å². The maximum absolute atomic E-state index is 12.9. The molecule has 0 bridgehead atoms. The molecule has 2 aromatic heterocycles. The van der Waals surface area contributed by atoms with Gasteiger partial charge in [0, 0.05) is 27.9 Å². The van der Waals surface area contributed by atoms with Gasteiger partial charge in [-0.1, -0.05) is 48.5 Å². The molecule has 1 amide bonds. The fourth-order valence-electron chi connectivity index (χ4n) is 3.78. The second-order valence-corrected chi connectivity index (χ2v) is 7.63. The van der Waals surface area contributed by atoms with Gasteiger partial charge in [-0.3, -0.25) is 14.3 Å². The van der Waals surface area contributed by atoms with Crippen LogP contribution in [0.15, 0.2) is 77.6 Å². The zero-order valence-electron chi connectivity index (χ0n) is 16.9. The number of nitrogens with zero attached hydrogens (tertiary/aromatic N) is 3. The molecule has 0 unspecified atom stereocenters. The highest BCUT2D eigenvalue weighted by Crippen LogP contribution is 2.26. The number of aryl methyl sites for hydroxylation is 1. The normalized spacial score (nSPS) is 11.2. The van der Waals surface area contributed by atoms with Crippen molar-refractivity contribution in [1.82, 2.24) is 20.0 Å². The number of hydrogen-bond donors (Lipinski definition) is 2. The minimum atomic E-state index is -0.296. The van der Waals surface area contributed by atoms with Gasteiger partial charge in [0.05, 0.1) is 23.1 Å². The number of benzene rings is 3. The molecular weight excluding hydrogens is 426 g/mol. The number of anilines is 1. The monoisotopic (exact) mass is 443 g/mol. The quantitative estimate of drug-likeness (QED) is 0.393. The number of amides is 1.